The smallest absolute Gasteiger partial charge is 0.0588 e. The van der Waals surface area contributed by atoms with Crippen LogP contribution in [0.25, 0.3) is 0 Å². The third-order valence-electron chi connectivity index (χ3n) is 2.91. The molecule has 1 N–H and O–H groups in total. The SMILES string of the molecule is Ic1ccc(CNCCC2CCCO2)cc1. The molecule has 88 valence electrons. The van der Waals surface area contributed by atoms with E-state index < -0.39 is 0 Å². The van der Waals surface area contributed by atoms with Gasteiger partial charge >= 0.3 is 0 Å². The van der Waals surface area contributed by atoms with Gasteiger partial charge in [-0.3, -0.25) is 0 Å². The summed E-state index contributed by atoms with van der Waals surface area (Å²) >= 11 is 2.33. The summed E-state index contributed by atoms with van der Waals surface area (Å²) in [6.07, 6.45) is 4.13. The van der Waals surface area contributed by atoms with E-state index in [1.165, 1.54) is 22.0 Å². The van der Waals surface area contributed by atoms with Crippen molar-refractivity contribution in [3.63, 3.8) is 0 Å². The van der Waals surface area contributed by atoms with Crippen molar-refractivity contribution in [3.8, 4) is 0 Å². The van der Waals surface area contributed by atoms with E-state index in [0.29, 0.717) is 6.10 Å². The fraction of sp³-hybridized carbons (Fsp3) is 0.538. The second-order valence-electron chi connectivity index (χ2n) is 4.23. The maximum Gasteiger partial charge on any atom is 0.0588 e. The Morgan fingerprint density at radius 1 is 1.31 bits per heavy atom. The van der Waals surface area contributed by atoms with Crippen molar-refractivity contribution in [2.45, 2.75) is 31.9 Å². The van der Waals surface area contributed by atoms with Gasteiger partial charge in [0.15, 0.2) is 0 Å². The molecule has 1 aromatic rings. The van der Waals surface area contributed by atoms with Crippen molar-refractivity contribution in [2.75, 3.05) is 13.2 Å². The highest BCUT2D eigenvalue weighted by molar-refractivity contribution is 14.1. The third kappa shape index (κ3) is 4.03. The first-order valence-corrected chi connectivity index (χ1v) is 6.99. The molecule has 1 heterocycles. The van der Waals surface area contributed by atoms with E-state index in [0.717, 1.165) is 26.1 Å². The topological polar surface area (TPSA) is 21.3 Å². The summed E-state index contributed by atoms with van der Waals surface area (Å²) in [5, 5.41) is 3.47. The molecular weight excluding hydrogens is 313 g/mol. The summed E-state index contributed by atoms with van der Waals surface area (Å²) in [5.74, 6) is 0. The lowest BCUT2D eigenvalue weighted by Gasteiger charge is -2.10. The average Bonchev–Trinajstić information content (AvgIpc) is 2.80. The van der Waals surface area contributed by atoms with Crippen molar-refractivity contribution in [2.24, 2.45) is 0 Å². The normalized spacial score (nSPS) is 20.2. The van der Waals surface area contributed by atoms with E-state index in [2.05, 4.69) is 52.2 Å². The Hall–Kier alpha value is -0.130. The van der Waals surface area contributed by atoms with Gasteiger partial charge in [0.05, 0.1) is 6.10 Å². The summed E-state index contributed by atoms with van der Waals surface area (Å²) in [4.78, 5) is 0. The molecule has 3 heteroatoms. The highest BCUT2D eigenvalue weighted by Gasteiger charge is 2.14. The molecule has 0 saturated carbocycles. The van der Waals surface area contributed by atoms with Crippen LogP contribution >= 0.6 is 22.6 Å². The third-order valence-corrected chi connectivity index (χ3v) is 3.63. The fourth-order valence-electron chi connectivity index (χ4n) is 1.97. The van der Waals surface area contributed by atoms with Gasteiger partial charge in [-0.15, -0.1) is 0 Å². The van der Waals surface area contributed by atoms with Gasteiger partial charge in [0.25, 0.3) is 0 Å². The van der Waals surface area contributed by atoms with Crippen molar-refractivity contribution in [3.05, 3.63) is 33.4 Å². The number of ether oxygens (including phenoxy) is 1. The molecule has 16 heavy (non-hydrogen) atoms. The lowest BCUT2D eigenvalue weighted by Crippen LogP contribution is -2.19. The van der Waals surface area contributed by atoms with Crippen LogP contribution in [0.4, 0.5) is 0 Å². The van der Waals surface area contributed by atoms with Gasteiger partial charge in [-0.2, -0.15) is 0 Å². The van der Waals surface area contributed by atoms with Crippen molar-refractivity contribution < 1.29 is 4.74 Å². The molecule has 1 unspecified atom stereocenters. The van der Waals surface area contributed by atoms with E-state index in [9.17, 15) is 0 Å². The molecule has 1 saturated heterocycles. The number of halogens is 1. The number of rotatable bonds is 5. The Bertz CT molecular complexity index is 306. The monoisotopic (exact) mass is 331 g/mol. The molecule has 1 atom stereocenters. The molecule has 0 amide bonds. The van der Waals surface area contributed by atoms with E-state index in [4.69, 9.17) is 4.74 Å². The predicted octanol–water partition coefficient (Wildman–Crippen LogP) is 2.95. The van der Waals surface area contributed by atoms with Gasteiger partial charge < -0.3 is 10.1 Å². The zero-order chi connectivity index (χ0) is 11.2. The van der Waals surface area contributed by atoms with Gasteiger partial charge in [-0.25, -0.2) is 0 Å². The minimum absolute atomic E-state index is 0.504. The van der Waals surface area contributed by atoms with Crippen LogP contribution in [0.15, 0.2) is 24.3 Å². The molecule has 1 aliphatic heterocycles. The second kappa shape index (κ2) is 6.57. The lowest BCUT2D eigenvalue weighted by molar-refractivity contribution is 0.104. The molecule has 1 fully saturated rings. The maximum atomic E-state index is 5.58. The highest BCUT2D eigenvalue weighted by atomic mass is 127. The molecule has 1 aliphatic rings. The van der Waals surface area contributed by atoms with Gasteiger partial charge in [0.2, 0.25) is 0 Å². The van der Waals surface area contributed by atoms with Crippen LogP contribution in [-0.2, 0) is 11.3 Å². The summed E-state index contributed by atoms with van der Waals surface area (Å²) in [7, 11) is 0. The molecule has 0 aromatic heterocycles. The minimum atomic E-state index is 0.504. The Morgan fingerprint density at radius 3 is 2.81 bits per heavy atom. The predicted molar refractivity (Wildman–Crippen MR) is 74.5 cm³/mol. The first kappa shape index (κ1) is 12.3. The number of hydrogen-bond acceptors (Lipinski definition) is 2. The molecule has 0 aliphatic carbocycles. The quantitative estimate of drug-likeness (QED) is 0.662. The van der Waals surface area contributed by atoms with E-state index in [1.54, 1.807) is 0 Å². The Kier molecular flexibility index (Phi) is 5.06. The standard InChI is InChI=1S/C13H18INO/c14-12-5-3-11(4-6-12)10-15-8-7-13-2-1-9-16-13/h3-6,13,15H,1-2,7-10H2. The van der Waals surface area contributed by atoms with E-state index in [1.807, 2.05) is 0 Å². The van der Waals surface area contributed by atoms with E-state index >= 15 is 0 Å². The van der Waals surface area contributed by atoms with Crippen LogP contribution in [-0.4, -0.2) is 19.3 Å². The molecule has 0 spiro atoms. The number of nitrogens with one attached hydrogen (secondary N) is 1. The van der Waals surface area contributed by atoms with E-state index in [-0.39, 0.29) is 0 Å². The molecule has 2 nitrogen and oxygen atoms in total. The van der Waals surface area contributed by atoms with Gasteiger partial charge in [-0.05, 0) is 66.1 Å². The van der Waals surface area contributed by atoms with Crippen LogP contribution in [0.5, 0.6) is 0 Å². The first-order chi connectivity index (χ1) is 7.84. The summed E-state index contributed by atoms with van der Waals surface area (Å²) in [6, 6.07) is 8.66. The van der Waals surface area contributed by atoms with Crippen molar-refractivity contribution >= 4 is 22.6 Å². The molecular formula is C13H18INO. The molecule has 0 radical (unpaired) electrons. The summed E-state index contributed by atoms with van der Waals surface area (Å²) in [5.41, 5.74) is 1.35. The Morgan fingerprint density at radius 2 is 2.12 bits per heavy atom. The maximum absolute atomic E-state index is 5.58. The van der Waals surface area contributed by atoms with Crippen LogP contribution in [0.3, 0.4) is 0 Å². The number of hydrogen-bond donors (Lipinski definition) is 1. The molecule has 2 rings (SSSR count). The van der Waals surface area contributed by atoms with Gasteiger partial charge in [-0.1, -0.05) is 12.1 Å². The Balaban J connectivity index is 1.62. The van der Waals surface area contributed by atoms with Gasteiger partial charge in [0.1, 0.15) is 0 Å². The van der Waals surface area contributed by atoms with Crippen LogP contribution in [0.1, 0.15) is 24.8 Å². The van der Waals surface area contributed by atoms with Crippen LogP contribution in [0.2, 0.25) is 0 Å². The van der Waals surface area contributed by atoms with Crippen LogP contribution in [0, 0.1) is 3.57 Å². The average molecular weight is 331 g/mol. The summed E-state index contributed by atoms with van der Waals surface area (Å²) < 4.78 is 6.87. The second-order valence-corrected chi connectivity index (χ2v) is 5.47. The zero-order valence-corrected chi connectivity index (χ0v) is 11.6. The van der Waals surface area contributed by atoms with Crippen LogP contribution < -0.4 is 5.32 Å². The summed E-state index contributed by atoms with van der Waals surface area (Å²) in [6.45, 7) is 2.97. The lowest BCUT2D eigenvalue weighted by atomic mass is 10.2. The molecule has 0 bridgehead atoms. The zero-order valence-electron chi connectivity index (χ0n) is 9.42. The first-order valence-electron chi connectivity index (χ1n) is 5.91. The minimum Gasteiger partial charge on any atom is -0.378 e. The van der Waals surface area contributed by atoms with Gasteiger partial charge in [0, 0.05) is 16.7 Å². The fourth-order valence-corrected chi connectivity index (χ4v) is 2.33. The van der Waals surface area contributed by atoms with Crippen molar-refractivity contribution in [1.82, 2.24) is 5.32 Å². The van der Waals surface area contributed by atoms with Crippen molar-refractivity contribution in [1.29, 1.82) is 0 Å². The Labute approximate surface area is 111 Å². The largest absolute Gasteiger partial charge is 0.378 e. The highest BCUT2D eigenvalue weighted by Crippen LogP contribution is 2.14. The number of benzene rings is 1. The molecule has 1 aromatic carbocycles.